The number of hydrogen-bond acceptors (Lipinski definition) is 4. The molecule has 5 nitrogen and oxygen atoms in total. The van der Waals surface area contributed by atoms with Crippen molar-refractivity contribution in [1.29, 1.82) is 0 Å². The molecule has 1 aromatic carbocycles. The van der Waals surface area contributed by atoms with Crippen molar-refractivity contribution in [2.24, 2.45) is 5.73 Å². The Labute approximate surface area is 132 Å². The highest BCUT2D eigenvalue weighted by Gasteiger charge is 2.12. The molecule has 0 saturated heterocycles. The molecule has 0 unspecified atom stereocenters. The van der Waals surface area contributed by atoms with Gasteiger partial charge in [-0.3, -0.25) is 9.78 Å². The standard InChI is InChI=1S/C13H14FN3O2S.ClH/c1-19-11-3-2-8(14)6-9(11)10-7-12(18)16-13(20)17(10)5-4-15;/h2-3,6-7H,4-5,15H2,1H3,(H,16,18,20);1H. The lowest BCUT2D eigenvalue weighted by molar-refractivity contribution is 0.415. The molecule has 0 saturated carbocycles. The van der Waals surface area contributed by atoms with Crippen molar-refractivity contribution in [2.75, 3.05) is 13.7 Å². The number of aromatic nitrogens is 2. The molecule has 0 aliphatic heterocycles. The zero-order chi connectivity index (χ0) is 14.7. The molecule has 1 heterocycles. The highest BCUT2D eigenvalue weighted by Crippen LogP contribution is 2.29. The SMILES string of the molecule is COc1ccc(F)cc1-c1cc(=O)[nH]c(=S)n1CCN.Cl. The van der Waals surface area contributed by atoms with E-state index in [1.54, 1.807) is 4.57 Å². The third-order valence-corrected chi connectivity index (χ3v) is 3.15. The summed E-state index contributed by atoms with van der Waals surface area (Å²) in [7, 11) is 1.48. The van der Waals surface area contributed by atoms with E-state index < -0.39 is 5.82 Å². The number of hydrogen-bond donors (Lipinski definition) is 2. The monoisotopic (exact) mass is 331 g/mol. The van der Waals surface area contributed by atoms with Gasteiger partial charge < -0.3 is 15.0 Å². The number of benzene rings is 1. The van der Waals surface area contributed by atoms with Crippen LogP contribution < -0.4 is 16.0 Å². The largest absolute Gasteiger partial charge is 0.496 e. The van der Waals surface area contributed by atoms with Gasteiger partial charge in [-0.25, -0.2) is 4.39 Å². The minimum atomic E-state index is -0.425. The number of methoxy groups -OCH3 is 1. The molecule has 114 valence electrons. The van der Waals surface area contributed by atoms with Gasteiger partial charge in [0.1, 0.15) is 11.6 Å². The second-order valence-corrected chi connectivity index (χ2v) is 4.50. The Kier molecular flexibility index (Phi) is 6.07. The van der Waals surface area contributed by atoms with Crippen molar-refractivity contribution < 1.29 is 9.13 Å². The molecule has 1 aromatic heterocycles. The van der Waals surface area contributed by atoms with Crippen LogP contribution in [0.4, 0.5) is 4.39 Å². The van der Waals surface area contributed by atoms with Crippen LogP contribution in [0.5, 0.6) is 5.75 Å². The van der Waals surface area contributed by atoms with Gasteiger partial charge in [-0.2, -0.15) is 0 Å². The lowest BCUT2D eigenvalue weighted by Crippen LogP contribution is -2.19. The van der Waals surface area contributed by atoms with Gasteiger partial charge >= 0.3 is 0 Å². The second kappa shape index (κ2) is 7.35. The summed E-state index contributed by atoms with van der Waals surface area (Å²) >= 11 is 5.12. The van der Waals surface area contributed by atoms with E-state index in [1.165, 1.54) is 31.4 Å². The first-order valence-corrected chi connectivity index (χ1v) is 6.35. The number of halogens is 2. The molecule has 0 spiro atoms. The fourth-order valence-corrected chi connectivity index (χ4v) is 2.27. The van der Waals surface area contributed by atoms with Crippen LogP contribution in [0, 0.1) is 10.6 Å². The van der Waals surface area contributed by atoms with E-state index in [1.807, 2.05) is 0 Å². The average molecular weight is 332 g/mol. The van der Waals surface area contributed by atoms with Crippen molar-refractivity contribution in [2.45, 2.75) is 6.54 Å². The van der Waals surface area contributed by atoms with Crippen molar-refractivity contribution in [3.8, 4) is 17.0 Å². The maximum Gasteiger partial charge on any atom is 0.252 e. The highest BCUT2D eigenvalue weighted by molar-refractivity contribution is 7.71. The molecule has 0 aliphatic carbocycles. The van der Waals surface area contributed by atoms with Crippen LogP contribution in [0.15, 0.2) is 29.1 Å². The van der Waals surface area contributed by atoms with Crippen LogP contribution in [0.1, 0.15) is 0 Å². The molecular formula is C13H15ClFN3O2S. The Bertz CT molecular complexity index is 745. The van der Waals surface area contributed by atoms with Gasteiger partial charge in [0.05, 0.1) is 12.8 Å². The van der Waals surface area contributed by atoms with Gasteiger partial charge in [-0.15, -0.1) is 12.4 Å². The highest BCUT2D eigenvalue weighted by atomic mass is 35.5. The zero-order valence-electron chi connectivity index (χ0n) is 11.3. The molecular weight excluding hydrogens is 317 g/mol. The van der Waals surface area contributed by atoms with Crippen molar-refractivity contribution >= 4 is 24.6 Å². The number of aromatic amines is 1. The van der Waals surface area contributed by atoms with E-state index in [2.05, 4.69) is 4.98 Å². The molecule has 2 aromatic rings. The molecule has 0 aliphatic rings. The predicted molar refractivity (Wildman–Crippen MR) is 84.1 cm³/mol. The quantitative estimate of drug-likeness (QED) is 0.842. The number of rotatable bonds is 4. The molecule has 0 bridgehead atoms. The smallest absolute Gasteiger partial charge is 0.252 e. The topological polar surface area (TPSA) is 73.0 Å². The second-order valence-electron chi connectivity index (χ2n) is 4.11. The fourth-order valence-electron chi connectivity index (χ4n) is 1.98. The first-order valence-electron chi connectivity index (χ1n) is 5.95. The van der Waals surface area contributed by atoms with Gasteiger partial charge in [0.2, 0.25) is 0 Å². The molecule has 0 fully saturated rings. The summed E-state index contributed by atoms with van der Waals surface area (Å²) in [5, 5.41) is 0. The molecule has 21 heavy (non-hydrogen) atoms. The predicted octanol–water partition coefficient (Wildman–Crippen LogP) is 2.10. The molecule has 3 N–H and O–H groups in total. The Hall–Kier alpha value is -1.70. The average Bonchev–Trinajstić information content (AvgIpc) is 2.41. The third-order valence-electron chi connectivity index (χ3n) is 2.82. The maximum atomic E-state index is 13.5. The van der Waals surface area contributed by atoms with E-state index in [0.29, 0.717) is 30.1 Å². The van der Waals surface area contributed by atoms with Gasteiger partial charge in [0.15, 0.2) is 4.77 Å². The maximum absolute atomic E-state index is 13.5. The normalized spacial score (nSPS) is 10.0. The summed E-state index contributed by atoms with van der Waals surface area (Å²) < 4.78 is 20.6. The van der Waals surface area contributed by atoms with Crippen LogP contribution in [0.2, 0.25) is 0 Å². The first-order chi connectivity index (χ1) is 9.56. The number of ether oxygens (including phenoxy) is 1. The molecule has 0 atom stereocenters. The molecule has 0 radical (unpaired) electrons. The molecule has 0 amide bonds. The number of nitrogens with zero attached hydrogens (tertiary/aromatic N) is 1. The lowest BCUT2D eigenvalue weighted by Gasteiger charge is -2.15. The summed E-state index contributed by atoms with van der Waals surface area (Å²) in [5.41, 5.74) is 6.12. The van der Waals surface area contributed by atoms with Crippen molar-refractivity contribution in [1.82, 2.24) is 9.55 Å². The van der Waals surface area contributed by atoms with Crippen LogP contribution in [0.3, 0.4) is 0 Å². The molecule has 8 heteroatoms. The van der Waals surface area contributed by atoms with Crippen LogP contribution >= 0.6 is 24.6 Å². The minimum Gasteiger partial charge on any atom is -0.496 e. The van der Waals surface area contributed by atoms with E-state index in [-0.39, 0.29) is 22.7 Å². The van der Waals surface area contributed by atoms with Crippen LogP contribution in [-0.4, -0.2) is 23.2 Å². The van der Waals surface area contributed by atoms with Gasteiger partial charge in [0.25, 0.3) is 5.56 Å². The number of nitrogens with two attached hydrogens (primary N) is 1. The third kappa shape index (κ3) is 3.69. The van der Waals surface area contributed by atoms with E-state index in [4.69, 9.17) is 22.7 Å². The number of nitrogens with one attached hydrogen (secondary N) is 1. The summed E-state index contributed by atoms with van der Waals surface area (Å²) in [6.07, 6.45) is 0. The lowest BCUT2D eigenvalue weighted by atomic mass is 10.1. The van der Waals surface area contributed by atoms with Crippen LogP contribution in [0.25, 0.3) is 11.3 Å². The van der Waals surface area contributed by atoms with E-state index >= 15 is 0 Å². The zero-order valence-corrected chi connectivity index (χ0v) is 12.9. The Morgan fingerprint density at radius 1 is 1.43 bits per heavy atom. The van der Waals surface area contributed by atoms with Crippen LogP contribution in [-0.2, 0) is 6.54 Å². The van der Waals surface area contributed by atoms with E-state index in [0.717, 1.165) is 0 Å². The fraction of sp³-hybridized carbons (Fsp3) is 0.231. The Morgan fingerprint density at radius 3 is 2.76 bits per heavy atom. The summed E-state index contributed by atoms with van der Waals surface area (Å²) in [5.74, 6) is 0.0310. The number of H-pyrrole nitrogens is 1. The first kappa shape index (κ1) is 17.4. The molecule has 2 rings (SSSR count). The minimum absolute atomic E-state index is 0. The summed E-state index contributed by atoms with van der Waals surface area (Å²) in [6, 6.07) is 5.44. The van der Waals surface area contributed by atoms with Gasteiger partial charge in [-0.05, 0) is 30.4 Å². The van der Waals surface area contributed by atoms with Crippen molar-refractivity contribution in [3.63, 3.8) is 0 Å². The van der Waals surface area contributed by atoms with Gasteiger partial charge in [0, 0.05) is 24.7 Å². The Balaban J connectivity index is 0.00000220. The van der Waals surface area contributed by atoms with Gasteiger partial charge in [-0.1, -0.05) is 0 Å². The van der Waals surface area contributed by atoms with E-state index in [9.17, 15) is 9.18 Å². The Morgan fingerprint density at radius 2 is 2.14 bits per heavy atom. The summed E-state index contributed by atoms with van der Waals surface area (Å²) in [4.78, 5) is 14.1. The summed E-state index contributed by atoms with van der Waals surface area (Å²) in [6.45, 7) is 0.746. The van der Waals surface area contributed by atoms with Crippen molar-refractivity contribution in [3.05, 3.63) is 45.2 Å².